The molecule has 0 bridgehead atoms. The van der Waals surface area contributed by atoms with Gasteiger partial charge in [0.2, 0.25) is 0 Å². The summed E-state index contributed by atoms with van der Waals surface area (Å²) in [6.07, 6.45) is 2.55. The fourth-order valence-corrected chi connectivity index (χ4v) is 11.0. The highest BCUT2D eigenvalue weighted by molar-refractivity contribution is 6.08. The Morgan fingerprint density at radius 1 is 0.542 bits per heavy atom. The third-order valence-corrected chi connectivity index (χ3v) is 14.8. The summed E-state index contributed by atoms with van der Waals surface area (Å²) >= 11 is 0. The molecule has 11 rings (SSSR count). The first kappa shape index (κ1) is 59.7. The Kier molecular flexibility index (Phi) is 21.1. The summed E-state index contributed by atoms with van der Waals surface area (Å²) in [4.78, 5) is 54.6. The Balaban J connectivity index is 0.000000163. The van der Waals surface area contributed by atoms with Gasteiger partial charge < -0.3 is 40.5 Å². The maximum atomic E-state index is 13.6. The van der Waals surface area contributed by atoms with Crippen molar-refractivity contribution in [2.45, 2.75) is 90.1 Å². The standard InChI is InChI=1S/C27H29N3O3.C24H24N2O2.C16H18N2.C2H5NO/c1-4-28-27(32)30(21-12-6-5-7-13-21)25-17-19(2)29(24-16-9-8-15-23(24)25)26(31)20-11-10-14-22(18-20)33-3;1-17-15-22(25-19-10-4-3-5-11-19)21-13-6-7-14-23(21)26(17)24(27)18-9-8-12-20(16-18)28-2;1-12-11-16(18-13-7-3-2-4-8-13)14-9-5-6-10-15(14)17-12;1-2-3-4/h5-16,18-19,25H,4,17H2,1-3H3,(H,28,32);3-14,16-17,22,25H,15H2,1-2H3;2-10,12,16-18H,11H2,1H3;2H2,1H3. The fraction of sp³-hybridized carbons (Fsp3) is 0.261. The lowest BCUT2D eigenvalue weighted by atomic mass is 9.89. The maximum absolute atomic E-state index is 13.6. The number of methoxy groups -OCH3 is 2. The van der Waals surface area contributed by atoms with Crippen LogP contribution in [0.5, 0.6) is 11.5 Å². The maximum Gasteiger partial charge on any atom is 0.322 e. The van der Waals surface area contributed by atoms with Crippen LogP contribution in [0.4, 0.5) is 38.9 Å². The van der Waals surface area contributed by atoms with Gasteiger partial charge in [0.15, 0.2) is 0 Å². The van der Waals surface area contributed by atoms with E-state index >= 15 is 0 Å². The lowest BCUT2D eigenvalue weighted by Crippen LogP contribution is -2.49. The Hall–Kier alpha value is -9.43. The van der Waals surface area contributed by atoms with Gasteiger partial charge in [-0.25, -0.2) is 4.79 Å². The molecule has 3 heterocycles. The van der Waals surface area contributed by atoms with Crippen LogP contribution in [0, 0.1) is 4.91 Å². The van der Waals surface area contributed by atoms with Crippen LogP contribution >= 0.6 is 0 Å². The first-order valence-electron chi connectivity index (χ1n) is 28.5. The van der Waals surface area contributed by atoms with E-state index in [-0.39, 0.29) is 42.0 Å². The summed E-state index contributed by atoms with van der Waals surface area (Å²) in [6, 6.07) is 70.0. The van der Waals surface area contributed by atoms with Crippen LogP contribution in [-0.2, 0) is 0 Å². The molecule has 6 atom stereocenters. The first-order valence-corrected chi connectivity index (χ1v) is 28.5. The minimum absolute atomic E-state index is 0.00277. The normalized spacial score (nSPS) is 18.0. The predicted octanol–water partition coefficient (Wildman–Crippen LogP) is 15.5. The predicted molar refractivity (Wildman–Crippen MR) is 337 cm³/mol. The number of nitroso groups, excluding NO2 is 1. The molecule has 8 aromatic rings. The summed E-state index contributed by atoms with van der Waals surface area (Å²) in [6.45, 7) is 10.9. The molecule has 4 N–H and O–H groups in total. The van der Waals surface area contributed by atoms with Gasteiger partial charge in [-0.05, 0) is 162 Å². The van der Waals surface area contributed by atoms with Crippen LogP contribution in [0.1, 0.15) is 109 Å². The number of urea groups is 1. The van der Waals surface area contributed by atoms with Crippen molar-refractivity contribution in [3.8, 4) is 11.5 Å². The third kappa shape index (κ3) is 14.9. The highest BCUT2D eigenvalue weighted by Gasteiger charge is 2.39. The second kappa shape index (κ2) is 29.3. The summed E-state index contributed by atoms with van der Waals surface area (Å²) in [5.74, 6) is 1.24. The van der Waals surface area contributed by atoms with E-state index < -0.39 is 0 Å². The molecule has 0 saturated heterocycles. The lowest BCUT2D eigenvalue weighted by Gasteiger charge is -2.43. The Bertz CT molecular complexity index is 3390. The number of hydrogen-bond acceptors (Lipinski definition) is 10. The lowest BCUT2D eigenvalue weighted by molar-refractivity contribution is 0.0965. The van der Waals surface area contributed by atoms with Crippen molar-refractivity contribution < 1.29 is 23.9 Å². The van der Waals surface area contributed by atoms with E-state index in [1.54, 1.807) is 39.3 Å². The number of amides is 4. The summed E-state index contributed by atoms with van der Waals surface area (Å²) < 4.78 is 10.6. The van der Waals surface area contributed by atoms with Gasteiger partial charge in [-0.2, -0.15) is 4.91 Å². The van der Waals surface area contributed by atoms with Gasteiger partial charge in [0.05, 0.1) is 38.9 Å². The Labute approximate surface area is 488 Å². The molecule has 0 radical (unpaired) electrons. The number of ether oxygens (including phenoxy) is 2. The number of nitrogens with one attached hydrogen (secondary N) is 4. The van der Waals surface area contributed by atoms with Gasteiger partial charge in [0.1, 0.15) is 11.5 Å². The van der Waals surface area contributed by atoms with Crippen molar-refractivity contribution >= 4 is 52.0 Å². The molecule has 0 saturated carbocycles. The van der Waals surface area contributed by atoms with E-state index in [0.29, 0.717) is 54.2 Å². The van der Waals surface area contributed by atoms with Crippen molar-refractivity contribution in [3.05, 3.63) is 245 Å². The number of anilines is 6. The van der Waals surface area contributed by atoms with Crippen LogP contribution in [0.15, 0.2) is 217 Å². The van der Waals surface area contributed by atoms with E-state index in [1.807, 2.05) is 156 Å². The minimum Gasteiger partial charge on any atom is -0.497 e. The van der Waals surface area contributed by atoms with E-state index in [9.17, 15) is 14.4 Å². The minimum atomic E-state index is -0.209. The Morgan fingerprint density at radius 2 is 0.988 bits per heavy atom. The van der Waals surface area contributed by atoms with Crippen LogP contribution in [0.3, 0.4) is 0 Å². The molecular weight excluding hydrogens is 1040 g/mol. The van der Waals surface area contributed by atoms with E-state index in [0.717, 1.165) is 46.7 Å². The van der Waals surface area contributed by atoms with Crippen LogP contribution in [0.25, 0.3) is 0 Å². The third-order valence-electron chi connectivity index (χ3n) is 14.8. The van der Waals surface area contributed by atoms with Crippen LogP contribution in [-0.4, -0.2) is 63.3 Å². The zero-order valence-electron chi connectivity index (χ0n) is 48.4. The van der Waals surface area contributed by atoms with Crippen LogP contribution in [0.2, 0.25) is 0 Å². The van der Waals surface area contributed by atoms with Gasteiger partial charge in [-0.1, -0.05) is 127 Å². The zero-order valence-corrected chi connectivity index (χ0v) is 48.4. The number of carbonyl (C=O) groups is 3. The molecule has 6 unspecified atom stereocenters. The van der Waals surface area contributed by atoms with Crippen molar-refractivity contribution in [1.82, 2.24) is 5.32 Å². The topological polar surface area (TPSA) is 157 Å². The number of rotatable bonds is 12. The summed E-state index contributed by atoms with van der Waals surface area (Å²) in [5, 5.41) is 16.2. The molecule has 0 fully saturated rings. The molecule has 0 spiro atoms. The molecule has 4 amide bonds. The van der Waals surface area contributed by atoms with Gasteiger partial charge in [-0.3, -0.25) is 14.5 Å². The molecule has 3 aliphatic heterocycles. The SMILES string of the molecule is CC1CC(Nc2ccccc2)c2ccccc2N1.CCN=O.CCNC(=O)N(c1ccccc1)C1CC(C)N(C(=O)c2cccc(OC)c2)c2ccccc21.COc1cccc(C(=O)N2c3ccccc3C(Nc3ccccc3)CC2C)c1. The van der Waals surface area contributed by atoms with Crippen molar-refractivity contribution in [3.63, 3.8) is 0 Å². The number of para-hydroxylation sites is 6. The van der Waals surface area contributed by atoms with Crippen LogP contribution < -0.4 is 45.4 Å². The molecule has 8 aromatic carbocycles. The van der Waals surface area contributed by atoms with Gasteiger partial charge in [0.25, 0.3) is 11.8 Å². The quantitative estimate of drug-likeness (QED) is 0.0875. The number of hydrogen-bond donors (Lipinski definition) is 4. The smallest absolute Gasteiger partial charge is 0.322 e. The largest absolute Gasteiger partial charge is 0.497 e. The molecule has 3 aliphatic rings. The second-order valence-corrected chi connectivity index (χ2v) is 20.6. The molecule has 14 heteroatoms. The monoisotopic (exact) mass is 1110 g/mol. The average Bonchev–Trinajstić information content (AvgIpc) is 2.43. The highest BCUT2D eigenvalue weighted by atomic mass is 16.5. The molecule has 83 heavy (non-hydrogen) atoms. The highest BCUT2D eigenvalue weighted by Crippen LogP contribution is 2.44. The number of benzene rings is 8. The number of fused-ring (bicyclic) bond motifs is 3. The van der Waals surface area contributed by atoms with Crippen molar-refractivity contribution in [2.24, 2.45) is 5.18 Å². The van der Waals surface area contributed by atoms with E-state index in [2.05, 4.69) is 107 Å². The molecular formula is C69H76N8O6. The zero-order chi connectivity index (χ0) is 58.7. The van der Waals surface area contributed by atoms with Gasteiger partial charge in [-0.15, -0.1) is 0 Å². The average molecular weight is 1110 g/mol. The molecule has 428 valence electrons. The molecule has 14 nitrogen and oxygen atoms in total. The van der Waals surface area contributed by atoms with E-state index in [4.69, 9.17) is 14.4 Å². The first-order chi connectivity index (χ1) is 40.5. The Morgan fingerprint density at radius 3 is 1.51 bits per heavy atom. The van der Waals surface area contributed by atoms with Crippen molar-refractivity contribution in [2.75, 3.05) is 58.0 Å². The number of carbonyl (C=O) groups excluding carboxylic acids is 3. The van der Waals surface area contributed by atoms with Crippen molar-refractivity contribution in [1.29, 1.82) is 0 Å². The van der Waals surface area contributed by atoms with E-state index in [1.165, 1.54) is 16.9 Å². The molecule has 0 aliphatic carbocycles. The van der Waals surface area contributed by atoms with Gasteiger partial charge >= 0.3 is 6.03 Å². The van der Waals surface area contributed by atoms with Gasteiger partial charge in [0, 0.05) is 69.9 Å². The fourth-order valence-electron chi connectivity index (χ4n) is 11.0. The second-order valence-electron chi connectivity index (χ2n) is 20.6. The summed E-state index contributed by atoms with van der Waals surface area (Å²) in [5.41, 5.74) is 10.8. The number of nitrogens with zero attached hydrogens (tertiary/aromatic N) is 4. The summed E-state index contributed by atoms with van der Waals surface area (Å²) in [7, 11) is 3.20. The molecule has 0 aromatic heterocycles.